The Morgan fingerprint density at radius 2 is 1.86 bits per heavy atom. The van der Waals surface area contributed by atoms with E-state index < -0.39 is 0 Å². The van der Waals surface area contributed by atoms with Crippen LogP contribution in [0.1, 0.15) is 44.2 Å². The number of nitrogens with one attached hydrogen (secondary N) is 1. The monoisotopic (exact) mass is 299 g/mol. The van der Waals surface area contributed by atoms with Gasteiger partial charge in [-0.25, -0.2) is 0 Å². The third-order valence-electron chi connectivity index (χ3n) is 5.32. The third-order valence-corrected chi connectivity index (χ3v) is 5.32. The fraction of sp³-hybridized carbons (Fsp3) is 0.588. The first kappa shape index (κ1) is 14.3. The predicted molar refractivity (Wildman–Crippen MR) is 86.4 cm³/mol. The maximum Gasteiger partial charge on any atom is 0.494 e. The summed E-state index contributed by atoms with van der Waals surface area (Å²) < 4.78 is 11.9. The first-order valence-electron chi connectivity index (χ1n) is 8.11. The van der Waals surface area contributed by atoms with Crippen molar-refractivity contribution in [3.05, 3.63) is 23.3 Å². The largest absolute Gasteiger partial charge is 0.494 e. The van der Waals surface area contributed by atoms with Crippen molar-refractivity contribution < 1.29 is 14.1 Å². The first-order chi connectivity index (χ1) is 10.4. The molecule has 22 heavy (non-hydrogen) atoms. The molecule has 1 aliphatic carbocycles. The number of hydrogen-bond acceptors (Lipinski definition) is 3. The molecule has 1 aromatic carbocycles. The molecule has 5 heteroatoms. The Hall–Kier alpha value is -1.33. The molecule has 3 aliphatic rings. The molecular weight excluding hydrogens is 277 g/mol. The highest BCUT2D eigenvalue weighted by Crippen LogP contribution is 2.50. The number of rotatable bonds is 1. The fourth-order valence-electron chi connectivity index (χ4n) is 3.74. The number of hydrogen-bond donors (Lipinski definition) is 1. The molecule has 1 spiro atoms. The van der Waals surface area contributed by atoms with Gasteiger partial charge < -0.3 is 14.6 Å². The molecule has 2 heterocycles. The second kappa shape index (κ2) is 4.59. The lowest BCUT2D eigenvalue weighted by Gasteiger charge is -2.37. The zero-order chi connectivity index (χ0) is 15.5. The molecule has 4 rings (SSSR count). The summed E-state index contributed by atoms with van der Waals surface area (Å²) in [5.74, 6) is 0.164. The summed E-state index contributed by atoms with van der Waals surface area (Å²) in [5.41, 5.74) is 4.07. The van der Waals surface area contributed by atoms with E-state index in [2.05, 4.69) is 38.2 Å². The van der Waals surface area contributed by atoms with Crippen molar-refractivity contribution in [3.63, 3.8) is 0 Å². The van der Waals surface area contributed by atoms with E-state index in [1.54, 1.807) is 0 Å². The maximum absolute atomic E-state index is 12.3. The van der Waals surface area contributed by atoms with E-state index in [4.69, 9.17) is 9.31 Å². The molecule has 0 radical (unpaired) electrons. The molecule has 1 N–H and O–H groups in total. The lowest BCUT2D eigenvalue weighted by Crippen LogP contribution is -2.48. The average Bonchev–Trinajstić information content (AvgIpc) is 2.69. The molecule has 2 fully saturated rings. The highest BCUT2D eigenvalue weighted by molar-refractivity contribution is 6.62. The van der Waals surface area contributed by atoms with Crippen molar-refractivity contribution in [1.29, 1.82) is 0 Å². The molecule has 0 unspecified atom stereocenters. The van der Waals surface area contributed by atoms with Crippen LogP contribution < -0.4 is 10.8 Å². The molecular formula is C17H22BNO3. The second-order valence-corrected chi connectivity index (χ2v) is 7.76. The number of aryl methyl sites for hydroxylation is 1. The molecule has 116 valence electrons. The fourth-order valence-corrected chi connectivity index (χ4v) is 3.74. The summed E-state index contributed by atoms with van der Waals surface area (Å²) in [7, 11) is -0.314. The number of benzene rings is 1. The van der Waals surface area contributed by atoms with E-state index in [1.807, 2.05) is 0 Å². The summed E-state index contributed by atoms with van der Waals surface area (Å²) in [5, 5.41) is 3.05. The first-order valence-corrected chi connectivity index (χ1v) is 8.11. The number of carbonyl (C=O) groups excluding carboxylic acids is 1. The third kappa shape index (κ3) is 1.95. The topological polar surface area (TPSA) is 47.6 Å². The van der Waals surface area contributed by atoms with Crippen molar-refractivity contribution in [2.75, 3.05) is 18.5 Å². The van der Waals surface area contributed by atoms with E-state index in [0.29, 0.717) is 13.2 Å². The Labute approximate surface area is 131 Å². The van der Waals surface area contributed by atoms with Crippen molar-refractivity contribution in [3.8, 4) is 0 Å². The van der Waals surface area contributed by atoms with Gasteiger partial charge in [0.1, 0.15) is 0 Å². The molecule has 0 aromatic heterocycles. The van der Waals surface area contributed by atoms with Crippen LogP contribution >= 0.6 is 0 Å². The Balaban J connectivity index is 1.69. The number of anilines is 1. The summed E-state index contributed by atoms with van der Waals surface area (Å²) in [6.45, 7) is 7.72. The number of carbonyl (C=O) groups is 1. The van der Waals surface area contributed by atoms with Crippen LogP contribution in [0.5, 0.6) is 0 Å². The van der Waals surface area contributed by atoms with Gasteiger partial charge in [0.25, 0.3) is 0 Å². The minimum atomic E-state index is -0.314. The van der Waals surface area contributed by atoms with Crippen LogP contribution in [-0.4, -0.2) is 26.2 Å². The van der Waals surface area contributed by atoms with Crippen LogP contribution in [0.3, 0.4) is 0 Å². The van der Waals surface area contributed by atoms with Gasteiger partial charge in [-0.2, -0.15) is 0 Å². The lowest BCUT2D eigenvalue weighted by molar-refractivity contribution is -0.123. The van der Waals surface area contributed by atoms with Gasteiger partial charge in [-0.3, -0.25) is 4.79 Å². The standard InChI is InChI=1S/C17H22BNO3/c1-11-7-14-12(17(5-4-6-17)15(20)19-14)8-13(11)18-21-9-16(2,3)10-22-18/h7-8H,4-6,9-10H2,1-3H3,(H,19,20). The molecule has 1 aromatic rings. The van der Waals surface area contributed by atoms with Crippen LogP contribution in [0.25, 0.3) is 0 Å². The Morgan fingerprint density at radius 1 is 1.18 bits per heavy atom. The summed E-state index contributed by atoms with van der Waals surface area (Å²) >= 11 is 0. The molecule has 2 aliphatic heterocycles. The smallest absolute Gasteiger partial charge is 0.407 e. The lowest BCUT2D eigenvalue weighted by atomic mass is 9.63. The van der Waals surface area contributed by atoms with Crippen molar-refractivity contribution in [2.45, 2.75) is 45.4 Å². The van der Waals surface area contributed by atoms with Crippen molar-refractivity contribution >= 4 is 24.2 Å². The van der Waals surface area contributed by atoms with Gasteiger partial charge in [-0.15, -0.1) is 0 Å². The molecule has 0 bridgehead atoms. The van der Waals surface area contributed by atoms with E-state index in [0.717, 1.165) is 41.5 Å². The number of fused-ring (bicyclic) bond motifs is 2. The quantitative estimate of drug-likeness (QED) is 0.808. The highest BCUT2D eigenvalue weighted by Gasteiger charge is 2.51. The Morgan fingerprint density at radius 3 is 2.45 bits per heavy atom. The molecule has 1 amide bonds. The van der Waals surface area contributed by atoms with Crippen LogP contribution in [0.15, 0.2) is 12.1 Å². The molecule has 1 saturated carbocycles. The highest BCUT2D eigenvalue weighted by atomic mass is 16.6. The number of amides is 1. The zero-order valence-corrected chi connectivity index (χ0v) is 13.5. The zero-order valence-electron chi connectivity index (χ0n) is 13.5. The molecule has 1 saturated heterocycles. The second-order valence-electron chi connectivity index (χ2n) is 7.76. The van der Waals surface area contributed by atoms with Gasteiger partial charge in [-0.05, 0) is 42.4 Å². The average molecular weight is 299 g/mol. The van der Waals surface area contributed by atoms with Gasteiger partial charge >= 0.3 is 7.12 Å². The van der Waals surface area contributed by atoms with Gasteiger partial charge in [0.05, 0.1) is 5.41 Å². The normalized spacial score (nSPS) is 24.9. The van der Waals surface area contributed by atoms with E-state index >= 15 is 0 Å². The SMILES string of the molecule is Cc1cc2c(cc1B1OCC(C)(C)CO1)C1(CCC1)C(=O)N2. The van der Waals surface area contributed by atoms with Gasteiger partial charge in [0.2, 0.25) is 5.91 Å². The molecule has 0 atom stereocenters. The van der Waals surface area contributed by atoms with Gasteiger partial charge in [0.15, 0.2) is 0 Å². The minimum absolute atomic E-state index is 0.0633. The summed E-state index contributed by atoms with van der Waals surface area (Å²) in [4.78, 5) is 12.3. The molecule has 4 nitrogen and oxygen atoms in total. The van der Waals surface area contributed by atoms with Crippen molar-refractivity contribution in [2.24, 2.45) is 5.41 Å². The summed E-state index contributed by atoms with van der Waals surface area (Å²) in [6.07, 6.45) is 3.03. The van der Waals surface area contributed by atoms with Gasteiger partial charge in [0, 0.05) is 24.3 Å². The van der Waals surface area contributed by atoms with Crippen LogP contribution in [-0.2, 0) is 19.5 Å². The van der Waals surface area contributed by atoms with Crippen LogP contribution in [0.2, 0.25) is 0 Å². The minimum Gasteiger partial charge on any atom is -0.407 e. The van der Waals surface area contributed by atoms with E-state index in [9.17, 15) is 4.79 Å². The van der Waals surface area contributed by atoms with Crippen LogP contribution in [0.4, 0.5) is 5.69 Å². The van der Waals surface area contributed by atoms with Crippen molar-refractivity contribution in [1.82, 2.24) is 0 Å². The summed E-state index contributed by atoms with van der Waals surface area (Å²) in [6, 6.07) is 4.22. The maximum atomic E-state index is 12.3. The van der Waals surface area contributed by atoms with E-state index in [-0.39, 0.29) is 23.9 Å². The van der Waals surface area contributed by atoms with E-state index in [1.165, 1.54) is 0 Å². The van der Waals surface area contributed by atoms with Gasteiger partial charge in [-0.1, -0.05) is 26.3 Å². The Bertz CT molecular complexity index is 642. The van der Waals surface area contributed by atoms with Crippen LogP contribution in [0, 0.1) is 12.3 Å². The predicted octanol–water partition coefficient (Wildman–Crippen LogP) is 2.14. The Kier molecular flexibility index (Phi) is 2.98.